The topological polar surface area (TPSA) is 58.3 Å². The molecular weight excluding hydrogens is 172 g/mol. The molecule has 1 saturated heterocycles. The average Bonchev–Trinajstić information content (AvgIpc) is 2.49. The Morgan fingerprint density at radius 3 is 2.83 bits per heavy atom. The normalized spacial score (nSPS) is 35.0. The molecule has 0 aromatic heterocycles. The number of nitrogens with one attached hydrogen (secondary N) is 1. The molecule has 0 radical (unpaired) electrons. The van der Waals surface area contributed by atoms with Crippen LogP contribution < -0.4 is 11.1 Å². The predicted molar refractivity (Wildman–Crippen MR) is 53.4 cm³/mol. The summed E-state index contributed by atoms with van der Waals surface area (Å²) in [4.78, 5) is 0. The summed E-state index contributed by atoms with van der Waals surface area (Å²) in [6, 6.07) is 0.186. The van der Waals surface area contributed by atoms with Crippen LogP contribution in [0, 0.1) is 5.92 Å². The van der Waals surface area contributed by atoms with E-state index < -0.39 is 0 Å². The van der Waals surface area contributed by atoms with E-state index in [1.165, 1.54) is 0 Å². The summed E-state index contributed by atoms with van der Waals surface area (Å²) in [6.07, 6.45) is 0.612. The first-order valence-electron chi connectivity index (χ1n) is 4.44. The van der Waals surface area contributed by atoms with Gasteiger partial charge in [-0.05, 0) is 18.9 Å². The van der Waals surface area contributed by atoms with Gasteiger partial charge in [0.2, 0.25) is 0 Å². The molecule has 4 N–H and O–H groups in total. The zero-order chi connectivity index (χ0) is 9.14. The van der Waals surface area contributed by atoms with Gasteiger partial charge in [0.25, 0.3) is 0 Å². The van der Waals surface area contributed by atoms with Crippen molar-refractivity contribution in [3.8, 4) is 0 Å². The maximum atomic E-state index is 9.76. The van der Waals surface area contributed by atoms with Crippen molar-refractivity contribution in [2.24, 2.45) is 11.7 Å². The van der Waals surface area contributed by atoms with Gasteiger partial charge in [-0.15, -0.1) is 0 Å². The summed E-state index contributed by atoms with van der Waals surface area (Å²) in [5.74, 6) is 0.168. The molecule has 1 aliphatic heterocycles. The van der Waals surface area contributed by atoms with E-state index in [0.29, 0.717) is 11.8 Å². The van der Waals surface area contributed by atoms with Crippen molar-refractivity contribution in [2.45, 2.75) is 30.7 Å². The Morgan fingerprint density at radius 2 is 2.42 bits per heavy atom. The second-order valence-electron chi connectivity index (χ2n) is 3.61. The van der Waals surface area contributed by atoms with Crippen LogP contribution in [-0.4, -0.2) is 35.6 Å². The van der Waals surface area contributed by atoms with Gasteiger partial charge in [0, 0.05) is 17.8 Å². The predicted octanol–water partition coefficient (Wildman–Crippen LogP) is -0.398. The SMILES string of the molecule is CC(CN)C(O)C1CC(S)CN1. The summed E-state index contributed by atoms with van der Waals surface area (Å²) in [5, 5.41) is 13.4. The van der Waals surface area contributed by atoms with Gasteiger partial charge in [-0.25, -0.2) is 0 Å². The molecule has 4 heteroatoms. The third-order valence-electron chi connectivity index (χ3n) is 2.51. The quantitative estimate of drug-likeness (QED) is 0.458. The molecular formula is C8H18N2OS. The number of nitrogens with two attached hydrogens (primary N) is 1. The summed E-state index contributed by atoms with van der Waals surface area (Å²) < 4.78 is 0. The highest BCUT2D eigenvalue weighted by Crippen LogP contribution is 2.18. The third kappa shape index (κ3) is 2.36. The van der Waals surface area contributed by atoms with Crippen LogP contribution in [0.2, 0.25) is 0 Å². The molecule has 0 saturated carbocycles. The number of hydrogen-bond acceptors (Lipinski definition) is 4. The third-order valence-corrected chi connectivity index (χ3v) is 2.90. The monoisotopic (exact) mass is 190 g/mol. The molecule has 4 unspecified atom stereocenters. The van der Waals surface area contributed by atoms with Crippen LogP contribution >= 0.6 is 12.6 Å². The van der Waals surface area contributed by atoms with Crippen molar-refractivity contribution in [3.63, 3.8) is 0 Å². The number of hydrogen-bond donors (Lipinski definition) is 4. The molecule has 12 heavy (non-hydrogen) atoms. The van der Waals surface area contributed by atoms with Gasteiger partial charge in [-0.2, -0.15) is 12.6 Å². The summed E-state index contributed by atoms with van der Waals surface area (Å²) in [5.41, 5.74) is 5.47. The highest BCUT2D eigenvalue weighted by molar-refractivity contribution is 7.81. The van der Waals surface area contributed by atoms with Gasteiger partial charge in [0.1, 0.15) is 0 Å². The molecule has 1 rings (SSSR count). The van der Waals surface area contributed by atoms with Crippen molar-refractivity contribution >= 4 is 12.6 Å². The Bertz CT molecular complexity index is 145. The number of aliphatic hydroxyl groups excluding tert-OH is 1. The van der Waals surface area contributed by atoms with Crippen LogP contribution in [0.3, 0.4) is 0 Å². The van der Waals surface area contributed by atoms with E-state index >= 15 is 0 Å². The molecule has 1 aliphatic rings. The maximum absolute atomic E-state index is 9.76. The van der Waals surface area contributed by atoms with Gasteiger partial charge in [-0.1, -0.05) is 6.92 Å². The molecule has 1 heterocycles. The van der Waals surface area contributed by atoms with E-state index in [0.717, 1.165) is 13.0 Å². The molecule has 0 aromatic carbocycles. The average molecular weight is 190 g/mol. The van der Waals surface area contributed by atoms with E-state index in [9.17, 15) is 5.11 Å². The molecule has 4 atom stereocenters. The number of rotatable bonds is 3. The molecule has 0 aliphatic carbocycles. The minimum atomic E-state index is -0.327. The van der Waals surface area contributed by atoms with Crippen LogP contribution in [0.25, 0.3) is 0 Å². The van der Waals surface area contributed by atoms with Gasteiger partial charge in [0.15, 0.2) is 0 Å². The summed E-state index contributed by atoms with van der Waals surface area (Å²) in [6.45, 7) is 3.40. The lowest BCUT2D eigenvalue weighted by Crippen LogP contribution is -2.41. The van der Waals surface area contributed by atoms with Crippen LogP contribution in [-0.2, 0) is 0 Å². The fraction of sp³-hybridized carbons (Fsp3) is 1.00. The second-order valence-corrected chi connectivity index (χ2v) is 4.34. The molecule has 0 amide bonds. The van der Waals surface area contributed by atoms with E-state index in [1.807, 2.05) is 6.92 Å². The first kappa shape index (κ1) is 10.3. The zero-order valence-corrected chi connectivity index (χ0v) is 8.30. The first-order chi connectivity index (χ1) is 5.65. The highest BCUT2D eigenvalue weighted by atomic mass is 32.1. The van der Waals surface area contributed by atoms with Crippen LogP contribution in [0.15, 0.2) is 0 Å². The zero-order valence-electron chi connectivity index (χ0n) is 7.40. The van der Waals surface area contributed by atoms with Crippen molar-refractivity contribution in [3.05, 3.63) is 0 Å². The molecule has 0 aromatic rings. The van der Waals surface area contributed by atoms with Gasteiger partial charge in [-0.3, -0.25) is 0 Å². The van der Waals surface area contributed by atoms with Crippen molar-refractivity contribution in [1.29, 1.82) is 0 Å². The standard InChI is InChI=1S/C8H18N2OS/c1-5(3-9)8(11)7-2-6(12)4-10-7/h5-8,10-12H,2-4,9H2,1H3. The van der Waals surface area contributed by atoms with Gasteiger partial charge < -0.3 is 16.2 Å². The van der Waals surface area contributed by atoms with Crippen molar-refractivity contribution in [1.82, 2.24) is 5.32 Å². The van der Waals surface area contributed by atoms with Crippen LogP contribution in [0.5, 0.6) is 0 Å². The molecule has 1 fully saturated rings. The largest absolute Gasteiger partial charge is 0.391 e. The fourth-order valence-corrected chi connectivity index (χ4v) is 1.88. The highest BCUT2D eigenvalue weighted by Gasteiger charge is 2.29. The Labute approximate surface area is 79.1 Å². The van der Waals surface area contributed by atoms with Gasteiger partial charge in [0.05, 0.1) is 6.10 Å². The Kier molecular flexibility index (Phi) is 3.83. The lowest BCUT2D eigenvalue weighted by molar-refractivity contribution is 0.0864. The lowest BCUT2D eigenvalue weighted by Gasteiger charge is -2.23. The fourth-order valence-electron chi connectivity index (χ4n) is 1.54. The summed E-state index contributed by atoms with van der Waals surface area (Å²) >= 11 is 4.34. The minimum absolute atomic E-state index is 0.168. The van der Waals surface area contributed by atoms with E-state index in [2.05, 4.69) is 17.9 Å². The van der Waals surface area contributed by atoms with E-state index in [1.54, 1.807) is 0 Å². The Morgan fingerprint density at radius 1 is 1.75 bits per heavy atom. The number of aliphatic hydroxyl groups is 1. The molecule has 3 nitrogen and oxygen atoms in total. The smallest absolute Gasteiger partial charge is 0.0731 e. The minimum Gasteiger partial charge on any atom is -0.391 e. The number of thiol groups is 1. The van der Waals surface area contributed by atoms with Gasteiger partial charge >= 0.3 is 0 Å². The van der Waals surface area contributed by atoms with Crippen LogP contribution in [0.4, 0.5) is 0 Å². The molecule has 72 valence electrons. The first-order valence-corrected chi connectivity index (χ1v) is 4.96. The molecule has 0 spiro atoms. The Balaban J connectivity index is 2.37. The van der Waals surface area contributed by atoms with Crippen LogP contribution in [0.1, 0.15) is 13.3 Å². The Hall–Kier alpha value is 0.230. The molecule has 0 bridgehead atoms. The summed E-state index contributed by atoms with van der Waals surface area (Å²) in [7, 11) is 0. The van der Waals surface area contributed by atoms with E-state index in [4.69, 9.17) is 5.73 Å². The van der Waals surface area contributed by atoms with E-state index in [-0.39, 0.29) is 18.1 Å². The van der Waals surface area contributed by atoms with Crippen molar-refractivity contribution in [2.75, 3.05) is 13.1 Å². The maximum Gasteiger partial charge on any atom is 0.0731 e. The second kappa shape index (κ2) is 4.46. The lowest BCUT2D eigenvalue weighted by atomic mass is 9.97. The van der Waals surface area contributed by atoms with Crippen molar-refractivity contribution < 1.29 is 5.11 Å².